The molecule has 0 saturated carbocycles. The van der Waals surface area contributed by atoms with E-state index in [9.17, 15) is 4.79 Å². The monoisotopic (exact) mass is 300 g/mol. The summed E-state index contributed by atoms with van der Waals surface area (Å²) in [7, 11) is 0. The minimum atomic E-state index is -0.557. The number of hydrogen-bond acceptors (Lipinski definition) is 7. The zero-order chi connectivity index (χ0) is 12.6. The summed E-state index contributed by atoms with van der Waals surface area (Å²) in [5.74, 6) is -0.505. The van der Waals surface area contributed by atoms with Gasteiger partial charge in [0.2, 0.25) is 11.7 Å². The SMILES string of the molecule is CCOC(=O)c1c(Br)oc2nc(N)nc(N)c12. The van der Waals surface area contributed by atoms with E-state index in [-0.39, 0.29) is 34.3 Å². The molecule has 0 atom stereocenters. The molecule has 2 aromatic heterocycles. The second-order valence-corrected chi connectivity index (χ2v) is 3.84. The molecule has 8 heteroatoms. The number of anilines is 2. The van der Waals surface area contributed by atoms with Crippen LogP contribution in [0.25, 0.3) is 11.1 Å². The highest BCUT2D eigenvalue weighted by Crippen LogP contribution is 2.32. The summed E-state index contributed by atoms with van der Waals surface area (Å²) in [6, 6.07) is 0. The fraction of sp³-hybridized carbons (Fsp3) is 0.222. The summed E-state index contributed by atoms with van der Waals surface area (Å²) >= 11 is 3.11. The van der Waals surface area contributed by atoms with Crippen molar-refractivity contribution >= 4 is 44.8 Å². The summed E-state index contributed by atoms with van der Waals surface area (Å²) in [6.07, 6.45) is 0. The Bertz CT molecular complexity index is 595. The molecule has 0 aliphatic heterocycles. The molecule has 0 fully saturated rings. The van der Waals surface area contributed by atoms with E-state index < -0.39 is 5.97 Å². The molecule has 0 saturated heterocycles. The lowest BCUT2D eigenvalue weighted by Gasteiger charge is -2.01. The Labute approximate surface area is 104 Å². The number of nitrogens with zero attached hydrogens (tertiary/aromatic N) is 2. The first-order valence-corrected chi connectivity index (χ1v) is 5.52. The van der Waals surface area contributed by atoms with Gasteiger partial charge in [0.15, 0.2) is 4.67 Å². The second-order valence-electron chi connectivity index (χ2n) is 3.12. The van der Waals surface area contributed by atoms with Crippen LogP contribution in [0.15, 0.2) is 9.09 Å². The molecule has 0 spiro atoms. The third-order valence-corrected chi connectivity index (χ3v) is 2.59. The van der Waals surface area contributed by atoms with Crippen LogP contribution in [0.3, 0.4) is 0 Å². The van der Waals surface area contributed by atoms with E-state index in [2.05, 4.69) is 25.9 Å². The van der Waals surface area contributed by atoms with Crippen LogP contribution in [0.4, 0.5) is 11.8 Å². The van der Waals surface area contributed by atoms with Crippen molar-refractivity contribution in [3.8, 4) is 0 Å². The summed E-state index contributed by atoms with van der Waals surface area (Å²) < 4.78 is 10.3. The third-order valence-electron chi connectivity index (χ3n) is 2.03. The van der Waals surface area contributed by atoms with Gasteiger partial charge >= 0.3 is 5.97 Å². The van der Waals surface area contributed by atoms with Crippen molar-refractivity contribution in [3.63, 3.8) is 0 Å². The maximum atomic E-state index is 11.7. The first kappa shape index (κ1) is 11.6. The van der Waals surface area contributed by atoms with E-state index >= 15 is 0 Å². The van der Waals surface area contributed by atoms with Gasteiger partial charge in [-0.25, -0.2) is 4.79 Å². The minimum absolute atomic E-state index is 0.0216. The Balaban J connectivity index is 2.71. The van der Waals surface area contributed by atoms with Gasteiger partial charge in [-0.2, -0.15) is 9.97 Å². The predicted octanol–water partition coefficient (Wildman–Crippen LogP) is 1.33. The first-order chi connectivity index (χ1) is 8.04. The Morgan fingerprint density at radius 3 is 2.82 bits per heavy atom. The largest absolute Gasteiger partial charge is 0.462 e. The number of furan rings is 1. The Morgan fingerprint density at radius 2 is 2.18 bits per heavy atom. The van der Waals surface area contributed by atoms with Crippen LogP contribution in [0.2, 0.25) is 0 Å². The van der Waals surface area contributed by atoms with Crippen LogP contribution < -0.4 is 11.5 Å². The molecule has 17 heavy (non-hydrogen) atoms. The van der Waals surface area contributed by atoms with Gasteiger partial charge in [0.05, 0.1) is 12.0 Å². The van der Waals surface area contributed by atoms with Gasteiger partial charge in [0, 0.05) is 0 Å². The van der Waals surface area contributed by atoms with Crippen LogP contribution in [-0.4, -0.2) is 22.5 Å². The highest BCUT2D eigenvalue weighted by Gasteiger charge is 2.24. The topological polar surface area (TPSA) is 117 Å². The lowest BCUT2D eigenvalue weighted by Crippen LogP contribution is -2.06. The number of nitrogen functional groups attached to an aromatic ring is 2. The van der Waals surface area contributed by atoms with Gasteiger partial charge in [-0.15, -0.1) is 0 Å². The van der Waals surface area contributed by atoms with E-state index in [0.717, 1.165) is 0 Å². The highest BCUT2D eigenvalue weighted by atomic mass is 79.9. The quantitative estimate of drug-likeness (QED) is 0.803. The molecule has 0 unspecified atom stereocenters. The molecule has 0 aliphatic rings. The summed E-state index contributed by atoms with van der Waals surface area (Å²) in [6.45, 7) is 1.94. The molecule has 0 aliphatic carbocycles. The summed E-state index contributed by atoms with van der Waals surface area (Å²) in [5, 5.41) is 0.296. The second kappa shape index (κ2) is 4.21. The summed E-state index contributed by atoms with van der Waals surface area (Å²) in [4.78, 5) is 19.3. The fourth-order valence-electron chi connectivity index (χ4n) is 1.40. The van der Waals surface area contributed by atoms with Crippen LogP contribution >= 0.6 is 15.9 Å². The van der Waals surface area contributed by atoms with E-state index in [1.807, 2.05) is 0 Å². The molecule has 7 nitrogen and oxygen atoms in total. The van der Waals surface area contributed by atoms with Gasteiger partial charge in [-0.1, -0.05) is 0 Å². The number of hydrogen-bond donors (Lipinski definition) is 2. The van der Waals surface area contributed by atoms with Crippen molar-refractivity contribution in [2.24, 2.45) is 0 Å². The molecule has 4 N–H and O–H groups in total. The number of ether oxygens (including phenoxy) is 1. The fourth-order valence-corrected chi connectivity index (χ4v) is 1.92. The number of halogens is 1. The average molecular weight is 301 g/mol. The zero-order valence-corrected chi connectivity index (χ0v) is 10.4. The summed E-state index contributed by atoms with van der Waals surface area (Å²) in [5.41, 5.74) is 11.4. The van der Waals surface area contributed by atoms with Crippen LogP contribution in [0.5, 0.6) is 0 Å². The number of carbonyl (C=O) groups is 1. The Morgan fingerprint density at radius 1 is 1.47 bits per heavy atom. The molecule has 0 radical (unpaired) electrons. The molecular weight excluding hydrogens is 292 g/mol. The molecule has 2 rings (SSSR count). The highest BCUT2D eigenvalue weighted by molar-refractivity contribution is 9.10. The Hall–Kier alpha value is -1.83. The number of aromatic nitrogens is 2. The molecule has 0 amide bonds. The lowest BCUT2D eigenvalue weighted by atomic mass is 10.2. The van der Waals surface area contributed by atoms with Gasteiger partial charge in [-0.05, 0) is 22.9 Å². The minimum Gasteiger partial charge on any atom is -0.462 e. The molecule has 0 bridgehead atoms. The third kappa shape index (κ3) is 1.91. The maximum Gasteiger partial charge on any atom is 0.343 e. The smallest absolute Gasteiger partial charge is 0.343 e. The van der Waals surface area contributed by atoms with E-state index in [0.29, 0.717) is 5.39 Å². The van der Waals surface area contributed by atoms with Crippen molar-refractivity contribution in [1.29, 1.82) is 0 Å². The maximum absolute atomic E-state index is 11.7. The molecule has 90 valence electrons. The van der Waals surface area contributed by atoms with Crippen molar-refractivity contribution in [2.45, 2.75) is 6.92 Å². The molecule has 2 heterocycles. The van der Waals surface area contributed by atoms with Crippen LogP contribution in [-0.2, 0) is 4.74 Å². The van der Waals surface area contributed by atoms with Gasteiger partial charge < -0.3 is 20.6 Å². The van der Waals surface area contributed by atoms with Crippen LogP contribution in [0.1, 0.15) is 17.3 Å². The van der Waals surface area contributed by atoms with E-state index in [4.69, 9.17) is 20.6 Å². The molecular formula is C9H9BrN4O3. The zero-order valence-electron chi connectivity index (χ0n) is 8.86. The number of nitrogens with two attached hydrogens (primary N) is 2. The number of esters is 1. The standard InChI is InChI=1S/C9H9BrN4O3/c1-2-16-8(15)3-4-6(11)13-9(12)14-7(4)17-5(3)10/h2H2,1H3,(H4,11,12,13,14). The number of carbonyl (C=O) groups excluding carboxylic acids is 1. The number of rotatable bonds is 2. The molecule has 0 aromatic carbocycles. The average Bonchev–Trinajstić information content (AvgIpc) is 2.54. The van der Waals surface area contributed by atoms with Crippen molar-refractivity contribution in [1.82, 2.24) is 9.97 Å². The number of fused-ring (bicyclic) bond motifs is 1. The van der Waals surface area contributed by atoms with Crippen LogP contribution in [0, 0.1) is 0 Å². The van der Waals surface area contributed by atoms with Crippen molar-refractivity contribution < 1.29 is 13.9 Å². The lowest BCUT2D eigenvalue weighted by molar-refractivity contribution is 0.0526. The molecule has 2 aromatic rings. The predicted molar refractivity (Wildman–Crippen MR) is 64.3 cm³/mol. The van der Waals surface area contributed by atoms with Gasteiger partial charge in [0.1, 0.15) is 11.4 Å². The van der Waals surface area contributed by atoms with Crippen molar-refractivity contribution in [3.05, 3.63) is 10.2 Å². The van der Waals surface area contributed by atoms with Gasteiger partial charge in [-0.3, -0.25) is 0 Å². The normalized spacial score (nSPS) is 10.7. The Kier molecular flexibility index (Phi) is 2.88. The van der Waals surface area contributed by atoms with Gasteiger partial charge in [0.25, 0.3) is 0 Å². The van der Waals surface area contributed by atoms with E-state index in [1.165, 1.54) is 0 Å². The first-order valence-electron chi connectivity index (χ1n) is 4.72. The van der Waals surface area contributed by atoms with Crippen molar-refractivity contribution in [2.75, 3.05) is 18.1 Å². The van der Waals surface area contributed by atoms with E-state index in [1.54, 1.807) is 6.92 Å².